The molecule has 0 bridgehead atoms. The first-order valence-electron chi connectivity index (χ1n) is 6.63. The minimum Gasteiger partial charge on any atom is -0.306 e. The zero-order valence-electron chi connectivity index (χ0n) is 10.7. The third kappa shape index (κ3) is 2.69. The van der Waals surface area contributed by atoms with Gasteiger partial charge in [0.1, 0.15) is 0 Å². The number of urea groups is 1. The van der Waals surface area contributed by atoms with Gasteiger partial charge in [0, 0.05) is 18.5 Å². The fraction of sp³-hybridized carbons (Fsp3) is 0.267. The molecule has 4 nitrogen and oxygen atoms in total. The van der Waals surface area contributed by atoms with Crippen molar-refractivity contribution >= 4 is 22.5 Å². The van der Waals surface area contributed by atoms with Gasteiger partial charge in [0.2, 0.25) is 0 Å². The van der Waals surface area contributed by atoms with Crippen LogP contribution < -0.4 is 10.7 Å². The van der Waals surface area contributed by atoms with Crippen LogP contribution in [0.1, 0.15) is 12.8 Å². The third-order valence-corrected chi connectivity index (χ3v) is 3.40. The minimum absolute atomic E-state index is 0.168. The number of hydrogen-bond acceptors (Lipinski definition) is 2. The van der Waals surface area contributed by atoms with Crippen molar-refractivity contribution in [1.29, 1.82) is 0 Å². The molecule has 0 saturated carbocycles. The predicted molar refractivity (Wildman–Crippen MR) is 76.9 cm³/mol. The van der Waals surface area contributed by atoms with Gasteiger partial charge >= 0.3 is 6.03 Å². The number of amides is 2. The minimum atomic E-state index is -0.168. The van der Waals surface area contributed by atoms with Gasteiger partial charge < -0.3 is 5.32 Å². The number of carbonyl (C=O) groups is 1. The summed E-state index contributed by atoms with van der Waals surface area (Å²) in [4.78, 5) is 11.9. The predicted octanol–water partition coefficient (Wildman–Crippen LogP) is 2.97. The van der Waals surface area contributed by atoms with E-state index >= 15 is 0 Å². The second-order valence-electron chi connectivity index (χ2n) is 4.79. The fourth-order valence-electron chi connectivity index (χ4n) is 2.46. The van der Waals surface area contributed by atoms with Crippen LogP contribution in [0.15, 0.2) is 42.5 Å². The highest BCUT2D eigenvalue weighted by Gasteiger charge is 2.14. The molecule has 1 aliphatic heterocycles. The van der Waals surface area contributed by atoms with Crippen molar-refractivity contribution in [2.45, 2.75) is 12.8 Å². The van der Waals surface area contributed by atoms with Crippen LogP contribution >= 0.6 is 0 Å². The third-order valence-electron chi connectivity index (χ3n) is 3.40. The molecule has 3 rings (SSSR count). The van der Waals surface area contributed by atoms with Crippen LogP contribution in [-0.2, 0) is 0 Å². The van der Waals surface area contributed by atoms with Gasteiger partial charge in [-0.2, -0.15) is 0 Å². The van der Waals surface area contributed by atoms with Gasteiger partial charge in [0.25, 0.3) is 0 Å². The van der Waals surface area contributed by atoms with Gasteiger partial charge in [-0.05, 0) is 24.3 Å². The molecule has 0 radical (unpaired) electrons. The van der Waals surface area contributed by atoms with Crippen molar-refractivity contribution in [2.24, 2.45) is 0 Å². The highest BCUT2D eigenvalue weighted by molar-refractivity contribution is 6.01. The fourth-order valence-corrected chi connectivity index (χ4v) is 2.46. The smallest absolute Gasteiger partial charge is 0.306 e. The molecular formula is C15H17N3O. The molecule has 19 heavy (non-hydrogen) atoms. The molecule has 0 aliphatic carbocycles. The number of nitrogens with zero attached hydrogens (tertiary/aromatic N) is 1. The average Bonchev–Trinajstić information content (AvgIpc) is 2.92. The number of benzene rings is 2. The van der Waals surface area contributed by atoms with E-state index < -0.39 is 0 Å². The maximum atomic E-state index is 11.9. The summed E-state index contributed by atoms with van der Waals surface area (Å²) in [5.74, 6) is 0. The molecule has 1 heterocycles. The van der Waals surface area contributed by atoms with Crippen LogP contribution in [0, 0.1) is 0 Å². The summed E-state index contributed by atoms with van der Waals surface area (Å²) in [6, 6.07) is 13.8. The second kappa shape index (κ2) is 5.28. The molecule has 0 atom stereocenters. The maximum absolute atomic E-state index is 11.9. The summed E-state index contributed by atoms with van der Waals surface area (Å²) in [6.07, 6.45) is 2.29. The first-order chi connectivity index (χ1) is 9.33. The first-order valence-corrected chi connectivity index (χ1v) is 6.63. The lowest BCUT2D eigenvalue weighted by atomic mass is 10.1. The Hall–Kier alpha value is -2.07. The highest BCUT2D eigenvalue weighted by atomic mass is 16.2. The number of hydrogen-bond donors (Lipinski definition) is 2. The van der Waals surface area contributed by atoms with Crippen molar-refractivity contribution < 1.29 is 4.79 Å². The molecule has 2 N–H and O–H groups in total. The SMILES string of the molecule is O=C(Nc1cccc2ccccc12)NN1CCCC1. The molecule has 2 aromatic carbocycles. The van der Waals surface area contributed by atoms with Crippen LogP contribution in [0.2, 0.25) is 0 Å². The molecule has 4 heteroatoms. The lowest BCUT2D eigenvalue weighted by Crippen LogP contribution is -2.42. The van der Waals surface area contributed by atoms with E-state index in [0.717, 1.165) is 42.4 Å². The van der Waals surface area contributed by atoms with Gasteiger partial charge in [-0.25, -0.2) is 9.80 Å². The zero-order chi connectivity index (χ0) is 13.1. The van der Waals surface area contributed by atoms with Crippen molar-refractivity contribution in [3.05, 3.63) is 42.5 Å². The van der Waals surface area contributed by atoms with Crippen LogP contribution in [0.5, 0.6) is 0 Å². The Balaban J connectivity index is 1.75. The standard InChI is InChI=1S/C15H17N3O/c19-15(17-18-10-3-4-11-18)16-14-9-5-7-12-6-1-2-8-13(12)14/h1-2,5-9H,3-4,10-11H2,(H2,16,17,19). The summed E-state index contributed by atoms with van der Waals surface area (Å²) < 4.78 is 0. The lowest BCUT2D eigenvalue weighted by Gasteiger charge is -2.17. The largest absolute Gasteiger partial charge is 0.333 e. The van der Waals surface area contributed by atoms with E-state index in [2.05, 4.69) is 10.7 Å². The molecule has 0 unspecified atom stereocenters. The molecule has 1 saturated heterocycles. The molecule has 1 fully saturated rings. The van der Waals surface area contributed by atoms with E-state index in [4.69, 9.17) is 0 Å². The molecule has 0 aromatic heterocycles. The van der Waals surface area contributed by atoms with E-state index in [1.54, 1.807) is 0 Å². The maximum Gasteiger partial charge on any atom is 0.333 e. The van der Waals surface area contributed by atoms with Gasteiger partial charge in [0.15, 0.2) is 0 Å². The number of nitrogens with one attached hydrogen (secondary N) is 2. The Morgan fingerprint density at radius 3 is 2.58 bits per heavy atom. The highest BCUT2D eigenvalue weighted by Crippen LogP contribution is 2.22. The molecular weight excluding hydrogens is 238 g/mol. The van der Waals surface area contributed by atoms with E-state index in [1.165, 1.54) is 0 Å². The number of anilines is 1. The van der Waals surface area contributed by atoms with Crippen molar-refractivity contribution in [3.63, 3.8) is 0 Å². The van der Waals surface area contributed by atoms with E-state index in [-0.39, 0.29) is 6.03 Å². The average molecular weight is 255 g/mol. The number of hydrazine groups is 1. The normalized spacial score (nSPS) is 15.6. The van der Waals surface area contributed by atoms with Crippen LogP contribution in [0.25, 0.3) is 10.8 Å². The van der Waals surface area contributed by atoms with E-state index in [9.17, 15) is 4.79 Å². The van der Waals surface area contributed by atoms with Gasteiger partial charge in [-0.1, -0.05) is 36.4 Å². The monoisotopic (exact) mass is 255 g/mol. The first kappa shape index (κ1) is 12.0. The van der Waals surface area contributed by atoms with Crippen molar-refractivity contribution in [2.75, 3.05) is 18.4 Å². The summed E-state index contributed by atoms with van der Waals surface area (Å²) in [6.45, 7) is 1.87. The van der Waals surface area contributed by atoms with Crippen LogP contribution in [-0.4, -0.2) is 24.1 Å². The Labute approximate surface area is 112 Å². The summed E-state index contributed by atoms with van der Waals surface area (Å²) >= 11 is 0. The number of rotatable bonds is 2. The number of fused-ring (bicyclic) bond motifs is 1. The van der Waals surface area contributed by atoms with Crippen molar-refractivity contribution in [1.82, 2.24) is 10.4 Å². The zero-order valence-corrected chi connectivity index (χ0v) is 10.7. The second-order valence-corrected chi connectivity index (χ2v) is 4.79. The Kier molecular flexibility index (Phi) is 3.33. The van der Waals surface area contributed by atoms with E-state index in [1.807, 2.05) is 47.5 Å². The Bertz CT molecular complexity index is 585. The van der Waals surface area contributed by atoms with Gasteiger partial charge in [-0.15, -0.1) is 0 Å². The molecule has 0 spiro atoms. The molecule has 2 amide bonds. The van der Waals surface area contributed by atoms with Gasteiger partial charge in [0.05, 0.1) is 5.69 Å². The van der Waals surface area contributed by atoms with E-state index in [0.29, 0.717) is 0 Å². The van der Waals surface area contributed by atoms with Gasteiger partial charge in [-0.3, -0.25) is 5.43 Å². The Morgan fingerprint density at radius 2 is 1.74 bits per heavy atom. The topological polar surface area (TPSA) is 44.4 Å². The quantitative estimate of drug-likeness (QED) is 0.866. The van der Waals surface area contributed by atoms with Crippen LogP contribution in [0.4, 0.5) is 10.5 Å². The molecule has 98 valence electrons. The summed E-state index contributed by atoms with van der Waals surface area (Å²) in [5, 5.41) is 7.06. The summed E-state index contributed by atoms with van der Waals surface area (Å²) in [7, 11) is 0. The van der Waals surface area contributed by atoms with Crippen molar-refractivity contribution in [3.8, 4) is 0 Å². The Morgan fingerprint density at radius 1 is 1.00 bits per heavy atom. The molecule has 1 aliphatic rings. The lowest BCUT2D eigenvalue weighted by molar-refractivity contribution is 0.209. The van der Waals surface area contributed by atoms with Crippen LogP contribution in [0.3, 0.4) is 0 Å². The molecule has 2 aromatic rings. The summed E-state index contributed by atoms with van der Waals surface area (Å²) in [5.41, 5.74) is 3.72. The number of carbonyl (C=O) groups excluding carboxylic acids is 1.